The normalized spacial score (nSPS) is 13.5. The number of thiazole rings is 1. The number of thiophene rings is 1. The Kier molecular flexibility index (Phi) is 5.71. The number of hydrogen-bond donors (Lipinski definition) is 2. The Morgan fingerprint density at radius 2 is 1.71 bits per heavy atom. The van der Waals surface area contributed by atoms with Crippen LogP contribution in [-0.2, 0) is 22.9 Å². The SMILES string of the molecule is O=S(=O)(Nc1nccs1)c1ccc(Nc2ncnc3scc(-c4ccc5c(c4)CCCC5)c23)cc1. The number of benzene rings is 2. The molecular formula is C25H21N5O2S3. The van der Waals surface area contributed by atoms with Gasteiger partial charge in [-0.25, -0.2) is 23.4 Å². The highest BCUT2D eigenvalue weighted by Gasteiger charge is 2.18. The first kappa shape index (κ1) is 22.1. The number of aromatic nitrogens is 3. The Bertz CT molecular complexity index is 1610. The summed E-state index contributed by atoms with van der Waals surface area (Å²) < 4.78 is 27.7. The quantitative estimate of drug-likeness (QED) is 0.276. The van der Waals surface area contributed by atoms with Gasteiger partial charge in [0.25, 0.3) is 10.0 Å². The molecule has 6 rings (SSSR count). The first-order chi connectivity index (χ1) is 17.1. The van der Waals surface area contributed by atoms with Crippen LogP contribution in [0.15, 0.2) is 70.6 Å². The minimum Gasteiger partial charge on any atom is -0.340 e. The Labute approximate surface area is 211 Å². The lowest BCUT2D eigenvalue weighted by molar-refractivity contribution is 0.601. The fourth-order valence-corrected chi connectivity index (χ4v) is 7.09. The van der Waals surface area contributed by atoms with Crippen LogP contribution >= 0.6 is 22.7 Å². The van der Waals surface area contributed by atoms with E-state index in [2.05, 4.69) is 48.6 Å². The van der Waals surface area contributed by atoms with E-state index in [1.54, 1.807) is 53.5 Å². The molecule has 0 fully saturated rings. The summed E-state index contributed by atoms with van der Waals surface area (Å²) in [5.41, 5.74) is 5.90. The van der Waals surface area contributed by atoms with Crippen LogP contribution < -0.4 is 10.0 Å². The first-order valence-electron chi connectivity index (χ1n) is 11.2. The van der Waals surface area contributed by atoms with E-state index in [0.29, 0.717) is 10.9 Å². The lowest BCUT2D eigenvalue weighted by Gasteiger charge is -2.16. The van der Waals surface area contributed by atoms with Gasteiger partial charge in [0.15, 0.2) is 5.13 Å². The van der Waals surface area contributed by atoms with Gasteiger partial charge in [-0.05, 0) is 66.6 Å². The minimum absolute atomic E-state index is 0.163. The molecule has 2 N–H and O–H groups in total. The van der Waals surface area contributed by atoms with Gasteiger partial charge in [-0.15, -0.1) is 22.7 Å². The topological polar surface area (TPSA) is 96.9 Å². The molecule has 35 heavy (non-hydrogen) atoms. The molecular weight excluding hydrogens is 499 g/mol. The zero-order valence-electron chi connectivity index (χ0n) is 18.6. The van der Waals surface area contributed by atoms with Gasteiger partial charge in [0.1, 0.15) is 17.0 Å². The Morgan fingerprint density at radius 3 is 2.51 bits per heavy atom. The summed E-state index contributed by atoms with van der Waals surface area (Å²) in [6.45, 7) is 0. The van der Waals surface area contributed by atoms with Gasteiger partial charge >= 0.3 is 0 Å². The second-order valence-electron chi connectivity index (χ2n) is 8.33. The molecule has 0 bridgehead atoms. The van der Waals surface area contributed by atoms with Crippen molar-refractivity contribution in [1.82, 2.24) is 15.0 Å². The predicted octanol–water partition coefficient (Wildman–Crippen LogP) is 6.24. The standard InChI is InChI=1S/C25H21N5O2S3/c31-35(32,30-25-26-11-12-33-25)20-9-7-19(8-10-20)29-23-22-21(14-34-24(22)28-15-27-23)18-6-5-16-3-1-2-4-17(16)13-18/h5-15H,1-4H2,(H,26,30)(H,27,28,29). The number of fused-ring (bicyclic) bond motifs is 2. The summed E-state index contributed by atoms with van der Waals surface area (Å²) in [7, 11) is -3.70. The molecule has 0 radical (unpaired) electrons. The van der Waals surface area contributed by atoms with Crippen LogP contribution in [-0.4, -0.2) is 23.4 Å². The maximum absolute atomic E-state index is 12.6. The number of nitrogens with zero attached hydrogens (tertiary/aromatic N) is 3. The number of hydrogen-bond acceptors (Lipinski definition) is 8. The van der Waals surface area contributed by atoms with Crippen molar-refractivity contribution >= 4 is 59.6 Å². The smallest absolute Gasteiger partial charge is 0.263 e. The van der Waals surface area contributed by atoms with Crippen LogP contribution in [0.4, 0.5) is 16.6 Å². The van der Waals surface area contributed by atoms with Gasteiger partial charge in [0, 0.05) is 28.2 Å². The fraction of sp³-hybridized carbons (Fsp3) is 0.160. The monoisotopic (exact) mass is 519 g/mol. The maximum atomic E-state index is 12.6. The van der Waals surface area contributed by atoms with Crippen molar-refractivity contribution in [1.29, 1.82) is 0 Å². The van der Waals surface area contributed by atoms with E-state index in [-0.39, 0.29) is 4.90 Å². The molecule has 3 heterocycles. The number of anilines is 3. The van der Waals surface area contributed by atoms with Gasteiger partial charge in [0.05, 0.1) is 10.3 Å². The zero-order valence-corrected chi connectivity index (χ0v) is 21.0. The maximum Gasteiger partial charge on any atom is 0.263 e. The molecule has 2 aromatic carbocycles. The minimum atomic E-state index is -3.70. The summed E-state index contributed by atoms with van der Waals surface area (Å²) in [6, 6.07) is 13.3. The largest absolute Gasteiger partial charge is 0.340 e. The molecule has 0 unspecified atom stereocenters. The van der Waals surface area contributed by atoms with Gasteiger partial charge in [0.2, 0.25) is 0 Å². The molecule has 0 atom stereocenters. The average molecular weight is 520 g/mol. The van der Waals surface area contributed by atoms with Gasteiger partial charge in [-0.1, -0.05) is 18.2 Å². The van der Waals surface area contributed by atoms with Crippen LogP contribution in [0.25, 0.3) is 21.3 Å². The number of rotatable bonds is 6. The molecule has 176 valence electrons. The van der Waals surface area contributed by atoms with Crippen LogP contribution in [0.1, 0.15) is 24.0 Å². The Morgan fingerprint density at radius 1 is 0.886 bits per heavy atom. The lowest BCUT2D eigenvalue weighted by Crippen LogP contribution is -2.12. The first-order valence-corrected chi connectivity index (χ1v) is 14.4. The van der Waals surface area contributed by atoms with Gasteiger partial charge in [-0.2, -0.15) is 0 Å². The van der Waals surface area contributed by atoms with Crippen molar-refractivity contribution in [3.8, 4) is 11.1 Å². The summed E-state index contributed by atoms with van der Waals surface area (Å²) in [4.78, 5) is 14.0. The third kappa shape index (κ3) is 4.40. The molecule has 0 saturated carbocycles. The molecule has 10 heteroatoms. The van der Waals surface area contributed by atoms with Crippen molar-refractivity contribution in [2.45, 2.75) is 30.6 Å². The summed E-state index contributed by atoms with van der Waals surface area (Å²) in [6.07, 6.45) is 7.88. The zero-order chi connectivity index (χ0) is 23.8. The van der Waals surface area contributed by atoms with Gasteiger partial charge < -0.3 is 5.32 Å². The summed E-state index contributed by atoms with van der Waals surface area (Å²) >= 11 is 2.83. The van der Waals surface area contributed by atoms with Crippen molar-refractivity contribution in [3.63, 3.8) is 0 Å². The van der Waals surface area contributed by atoms with E-state index >= 15 is 0 Å². The van der Waals surface area contributed by atoms with Crippen LogP contribution in [0.2, 0.25) is 0 Å². The summed E-state index contributed by atoms with van der Waals surface area (Å²) in [5, 5.41) is 8.52. The van der Waals surface area contributed by atoms with E-state index in [0.717, 1.165) is 34.3 Å². The van der Waals surface area contributed by atoms with Crippen LogP contribution in [0, 0.1) is 0 Å². The molecule has 5 aromatic rings. The number of nitrogens with one attached hydrogen (secondary N) is 2. The molecule has 7 nitrogen and oxygen atoms in total. The second kappa shape index (κ2) is 9.03. The third-order valence-electron chi connectivity index (χ3n) is 6.11. The van der Waals surface area contributed by atoms with Crippen LogP contribution in [0.5, 0.6) is 0 Å². The molecule has 1 aliphatic carbocycles. The molecule has 0 saturated heterocycles. The van der Waals surface area contributed by atoms with E-state index in [9.17, 15) is 8.42 Å². The molecule has 0 aliphatic heterocycles. The van der Waals surface area contributed by atoms with Crippen molar-refractivity contribution in [2.24, 2.45) is 0 Å². The lowest BCUT2D eigenvalue weighted by atomic mass is 9.89. The van der Waals surface area contributed by atoms with E-state index in [1.165, 1.54) is 40.9 Å². The summed E-state index contributed by atoms with van der Waals surface area (Å²) in [5.74, 6) is 0.695. The molecule has 3 aromatic heterocycles. The van der Waals surface area contributed by atoms with E-state index in [4.69, 9.17) is 0 Å². The highest BCUT2D eigenvalue weighted by atomic mass is 32.2. The van der Waals surface area contributed by atoms with Gasteiger partial charge in [-0.3, -0.25) is 4.72 Å². The van der Waals surface area contributed by atoms with E-state index in [1.807, 2.05) is 0 Å². The van der Waals surface area contributed by atoms with Crippen molar-refractivity contribution in [3.05, 3.63) is 76.9 Å². The second-order valence-corrected chi connectivity index (χ2v) is 11.8. The molecule has 1 aliphatic rings. The Balaban J connectivity index is 1.31. The van der Waals surface area contributed by atoms with E-state index < -0.39 is 10.0 Å². The Hall–Kier alpha value is -3.34. The molecule has 0 spiro atoms. The predicted molar refractivity (Wildman–Crippen MR) is 142 cm³/mol. The number of aryl methyl sites for hydroxylation is 2. The van der Waals surface area contributed by atoms with Crippen molar-refractivity contribution < 1.29 is 8.42 Å². The van der Waals surface area contributed by atoms with Crippen molar-refractivity contribution in [2.75, 3.05) is 10.0 Å². The highest BCUT2D eigenvalue weighted by Crippen LogP contribution is 2.38. The fourth-order valence-electron chi connectivity index (χ4n) is 4.39. The third-order valence-corrected chi connectivity index (χ3v) is 9.17. The average Bonchev–Trinajstić information content (AvgIpc) is 3.54. The molecule has 0 amide bonds. The highest BCUT2D eigenvalue weighted by molar-refractivity contribution is 7.93. The van der Waals surface area contributed by atoms with Crippen LogP contribution in [0.3, 0.4) is 0 Å². The number of sulfonamides is 1.